The lowest BCUT2D eigenvalue weighted by Crippen LogP contribution is -1.79. The normalized spacial score (nSPS) is 11.2. The maximum atomic E-state index is 9.39. The lowest BCUT2D eigenvalue weighted by Gasteiger charge is -1.99. The van der Waals surface area contributed by atoms with E-state index in [1.807, 2.05) is 24.3 Å². The Morgan fingerprint density at radius 3 is 2.47 bits per heavy atom. The van der Waals surface area contributed by atoms with Crippen LogP contribution in [-0.2, 0) is 0 Å². The van der Waals surface area contributed by atoms with Gasteiger partial charge in [-0.25, -0.2) is 0 Å². The smallest absolute Gasteiger partial charge is 0.116 e. The van der Waals surface area contributed by atoms with Crippen molar-refractivity contribution in [3.8, 4) is 5.75 Å². The molecule has 0 atom stereocenters. The van der Waals surface area contributed by atoms with Gasteiger partial charge in [-0.2, -0.15) is 0 Å². The number of phenols is 1. The zero-order chi connectivity index (χ0) is 13.1. The van der Waals surface area contributed by atoms with Crippen LogP contribution in [0.15, 0.2) is 71.7 Å². The highest BCUT2D eigenvalue weighted by Crippen LogP contribution is 2.21. The van der Waals surface area contributed by atoms with Crippen molar-refractivity contribution >= 4 is 22.7 Å². The minimum atomic E-state index is 0.252. The average molecular weight is 247 g/mol. The molecule has 0 spiro atoms. The first-order chi connectivity index (χ1) is 9.31. The first-order valence-electron chi connectivity index (χ1n) is 6.13. The first-order valence-corrected chi connectivity index (χ1v) is 6.13. The highest BCUT2D eigenvalue weighted by Gasteiger charge is 1.94. The topological polar surface area (TPSA) is 32.6 Å². The highest BCUT2D eigenvalue weighted by molar-refractivity contribution is 5.87. The SMILES string of the molecule is Oc1cccc(C=Nc2ccc3ccccc3c2)c1. The van der Waals surface area contributed by atoms with Crippen LogP contribution in [0.4, 0.5) is 5.69 Å². The van der Waals surface area contributed by atoms with E-state index < -0.39 is 0 Å². The number of phenolic OH excluding ortho intramolecular Hbond substituents is 1. The zero-order valence-electron chi connectivity index (χ0n) is 10.3. The van der Waals surface area contributed by atoms with Gasteiger partial charge >= 0.3 is 0 Å². The Morgan fingerprint density at radius 2 is 1.63 bits per heavy atom. The molecule has 0 aliphatic heterocycles. The Bertz CT molecular complexity index is 747. The van der Waals surface area contributed by atoms with Crippen molar-refractivity contribution < 1.29 is 5.11 Å². The molecule has 1 N–H and O–H groups in total. The van der Waals surface area contributed by atoms with E-state index in [-0.39, 0.29) is 5.75 Å². The van der Waals surface area contributed by atoms with E-state index in [1.54, 1.807) is 24.4 Å². The number of hydrogen-bond donors (Lipinski definition) is 1. The number of nitrogens with zero attached hydrogens (tertiary/aromatic N) is 1. The summed E-state index contributed by atoms with van der Waals surface area (Å²) in [6, 6.07) is 21.3. The van der Waals surface area contributed by atoms with Crippen molar-refractivity contribution in [2.75, 3.05) is 0 Å². The van der Waals surface area contributed by atoms with Gasteiger partial charge in [0.05, 0.1) is 5.69 Å². The van der Waals surface area contributed by atoms with E-state index in [2.05, 4.69) is 29.3 Å². The minimum absolute atomic E-state index is 0.252. The first kappa shape index (κ1) is 11.5. The van der Waals surface area contributed by atoms with Crippen LogP contribution in [-0.4, -0.2) is 11.3 Å². The second kappa shape index (κ2) is 4.94. The quantitative estimate of drug-likeness (QED) is 0.673. The summed E-state index contributed by atoms with van der Waals surface area (Å²) >= 11 is 0. The largest absolute Gasteiger partial charge is 0.508 e. The molecule has 92 valence electrons. The predicted octanol–water partition coefficient (Wildman–Crippen LogP) is 4.30. The van der Waals surface area contributed by atoms with Gasteiger partial charge in [0.25, 0.3) is 0 Å². The van der Waals surface area contributed by atoms with Gasteiger partial charge in [-0.1, -0.05) is 42.5 Å². The summed E-state index contributed by atoms with van der Waals surface area (Å²) in [6.07, 6.45) is 1.75. The average Bonchev–Trinajstić information content (AvgIpc) is 2.45. The summed E-state index contributed by atoms with van der Waals surface area (Å²) < 4.78 is 0. The third-order valence-electron chi connectivity index (χ3n) is 2.97. The van der Waals surface area contributed by atoms with E-state index in [9.17, 15) is 5.11 Å². The fraction of sp³-hybridized carbons (Fsp3) is 0. The van der Waals surface area contributed by atoms with Crippen LogP contribution in [0.25, 0.3) is 10.8 Å². The van der Waals surface area contributed by atoms with E-state index in [0.29, 0.717) is 0 Å². The molecule has 3 rings (SSSR count). The molecule has 0 aliphatic rings. The summed E-state index contributed by atoms with van der Waals surface area (Å²) in [5, 5.41) is 11.8. The molecule has 0 radical (unpaired) electrons. The zero-order valence-corrected chi connectivity index (χ0v) is 10.3. The molecule has 19 heavy (non-hydrogen) atoms. The number of fused-ring (bicyclic) bond motifs is 1. The van der Waals surface area contributed by atoms with Crippen LogP contribution in [0, 0.1) is 0 Å². The van der Waals surface area contributed by atoms with Gasteiger partial charge in [0.2, 0.25) is 0 Å². The number of hydrogen-bond acceptors (Lipinski definition) is 2. The summed E-state index contributed by atoms with van der Waals surface area (Å²) in [4.78, 5) is 4.43. The second-order valence-electron chi connectivity index (χ2n) is 4.38. The molecule has 0 amide bonds. The molecule has 3 aromatic carbocycles. The molecule has 0 aliphatic carbocycles. The molecule has 0 saturated carbocycles. The Hall–Kier alpha value is -2.61. The molecule has 0 heterocycles. The number of aliphatic imine (C=N–C) groups is 1. The number of benzene rings is 3. The van der Waals surface area contributed by atoms with Crippen LogP contribution in [0.1, 0.15) is 5.56 Å². The van der Waals surface area contributed by atoms with Gasteiger partial charge in [0.1, 0.15) is 5.75 Å². The Kier molecular flexibility index (Phi) is 2.99. The minimum Gasteiger partial charge on any atom is -0.508 e. The Morgan fingerprint density at radius 1 is 0.789 bits per heavy atom. The van der Waals surface area contributed by atoms with Crippen LogP contribution in [0.3, 0.4) is 0 Å². The van der Waals surface area contributed by atoms with Crippen LogP contribution in [0.2, 0.25) is 0 Å². The standard InChI is InChI=1S/C17H13NO/c19-17-7-3-4-13(10-17)12-18-16-9-8-14-5-1-2-6-15(14)11-16/h1-12,19H. The maximum Gasteiger partial charge on any atom is 0.116 e. The molecular formula is C17H13NO. The van der Waals surface area contributed by atoms with Gasteiger partial charge in [0, 0.05) is 6.21 Å². The Labute approximate surface area is 111 Å². The Balaban J connectivity index is 1.92. The lowest BCUT2D eigenvalue weighted by atomic mass is 10.1. The van der Waals surface area contributed by atoms with Crippen molar-refractivity contribution in [3.05, 3.63) is 72.3 Å². The summed E-state index contributed by atoms with van der Waals surface area (Å²) in [7, 11) is 0. The monoisotopic (exact) mass is 247 g/mol. The van der Waals surface area contributed by atoms with Gasteiger partial charge < -0.3 is 5.11 Å². The van der Waals surface area contributed by atoms with Gasteiger partial charge in [-0.3, -0.25) is 4.99 Å². The van der Waals surface area contributed by atoms with Gasteiger partial charge in [-0.15, -0.1) is 0 Å². The number of aromatic hydroxyl groups is 1. The predicted molar refractivity (Wildman–Crippen MR) is 79.3 cm³/mol. The molecule has 2 nitrogen and oxygen atoms in total. The van der Waals surface area contributed by atoms with Crippen LogP contribution >= 0.6 is 0 Å². The molecule has 0 fully saturated rings. The molecule has 0 unspecified atom stereocenters. The fourth-order valence-corrected chi connectivity index (χ4v) is 2.01. The fourth-order valence-electron chi connectivity index (χ4n) is 2.01. The van der Waals surface area contributed by atoms with E-state index >= 15 is 0 Å². The second-order valence-corrected chi connectivity index (χ2v) is 4.38. The summed E-state index contributed by atoms with van der Waals surface area (Å²) in [6.45, 7) is 0. The lowest BCUT2D eigenvalue weighted by molar-refractivity contribution is 0.475. The van der Waals surface area contributed by atoms with Crippen molar-refractivity contribution in [1.82, 2.24) is 0 Å². The van der Waals surface area contributed by atoms with Gasteiger partial charge in [-0.05, 0) is 40.6 Å². The van der Waals surface area contributed by atoms with E-state index in [4.69, 9.17) is 0 Å². The third-order valence-corrected chi connectivity index (χ3v) is 2.97. The van der Waals surface area contributed by atoms with Crippen molar-refractivity contribution in [3.63, 3.8) is 0 Å². The van der Waals surface area contributed by atoms with E-state index in [0.717, 1.165) is 11.3 Å². The highest BCUT2D eigenvalue weighted by atomic mass is 16.3. The molecule has 3 aromatic rings. The summed E-state index contributed by atoms with van der Waals surface area (Å²) in [5.74, 6) is 0.252. The number of rotatable bonds is 2. The molecule has 0 aromatic heterocycles. The third kappa shape index (κ3) is 2.63. The van der Waals surface area contributed by atoms with Crippen LogP contribution < -0.4 is 0 Å². The molecule has 0 saturated heterocycles. The van der Waals surface area contributed by atoms with Crippen molar-refractivity contribution in [2.45, 2.75) is 0 Å². The van der Waals surface area contributed by atoms with Gasteiger partial charge in [0.15, 0.2) is 0 Å². The van der Waals surface area contributed by atoms with Crippen molar-refractivity contribution in [1.29, 1.82) is 0 Å². The molecular weight excluding hydrogens is 234 g/mol. The van der Waals surface area contributed by atoms with E-state index in [1.165, 1.54) is 10.8 Å². The molecule has 0 bridgehead atoms. The van der Waals surface area contributed by atoms with Crippen molar-refractivity contribution in [2.24, 2.45) is 4.99 Å². The molecule has 2 heteroatoms. The maximum absolute atomic E-state index is 9.39. The summed E-state index contributed by atoms with van der Waals surface area (Å²) in [5.41, 5.74) is 1.79. The van der Waals surface area contributed by atoms with Crippen LogP contribution in [0.5, 0.6) is 5.75 Å².